The lowest BCUT2D eigenvalue weighted by molar-refractivity contribution is -0.134. The molecule has 2 atom stereocenters. The molecule has 1 aromatic heterocycles. The molecule has 3 rings (SSSR count). The second-order valence-corrected chi connectivity index (χ2v) is 7.26. The Morgan fingerprint density at radius 3 is 2.76 bits per heavy atom. The minimum atomic E-state index is 0.106. The number of ether oxygens (including phenoxy) is 1. The van der Waals surface area contributed by atoms with Crippen LogP contribution in [0.1, 0.15) is 31.5 Å². The molecule has 25 heavy (non-hydrogen) atoms. The number of rotatable bonds is 5. The number of aromatic nitrogens is 3. The van der Waals surface area contributed by atoms with E-state index in [1.165, 1.54) is 6.42 Å². The van der Waals surface area contributed by atoms with Gasteiger partial charge in [-0.2, -0.15) is 0 Å². The highest BCUT2D eigenvalue weighted by Gasteiger charge is 2.25. The molecule has 0 radical (unpaired) electrons. The molecule has 1 aromatic carbocycles. The molecule has 0 bridgehead atoms. The van der Waals surface area contributed by atoms with Crippen molar-refractivity contribution in [2.24, 2.45) is 11.8 Å². The average Bonchev–Trinajstić information content (AvgIpc) is 2.99. The van der Waals surface area contributed by atoms with Gasteiger partial charge >= 0.3 is 0 Å². The zero-order valence-electron chi connectivity index (χ0n) is 15.2. The van der Waals surface area contributed by atoms with Crippen molar-refractivity contribution in [1.29, 1.82) is 0 Å². The number of carbonyl (C=O) groups excluding carboxylic acids is 1. The van der Waals surface area contributed by atoms with Crippen LogP contribution in [0.15, 0.2) is 30.5 Å². The Morgan fingerprint density at radius 1 is 1.28 bits per heavy atom. The average molecular weight is 342 g/mol. The van der Waals surface area contributed by atoms with Crippen LogP contribution in [0.2, 0.25) is 0 Å². The standard InChI is InChI=1S/C19H26N4O2/c1-14-5-4-6-18(8-14)25-13-17-11-23(21-20-17)12-19(24)22-9-15(2)7-16(3)10-22/h4-6,8,11,15-16H,7,9-10,12-13H2,1-3H3/t15-,16-/m0/s1. The fraction of sp³-hybridized carbons (Fsp3) is 0.526. The first-order valence-electron chi connectivity index (χ1n) is 8.86. The highest BCUT2D eigenvalue weighted by atomic mass is 16.5. The molecule has 0 N–H and O–H groups in total. The summed E-state index contributed by atoms with van der Waals surface area (Å²) in [6.07, 6.45) is 2.97. The number of hydrogen-bond acceptors (Lipinski definition) is 4. The van der Waals surface area contributed by atoms with Gasteiger partial charge in [0.25, 0.3) is 0 Å². The topological polar surface area (TPSA) is 60.2 Å². The molecule has 134 valence electrons. The molecule has 2 heterocycles. The predicted octanol–water partition coefficient (Wildman–Crippen LogP) is 2.67. The van der Waals surface area contributed by atoms with Crippen LogP contribution in [0, 0.1) is 18.8 Å². The minimum absolute atomic E-state index is 0.106. The Morgan fingerprint density at radius 2 is 2.04 bits per heavy atom. The Balaban J connectivity index is 1.53. The van der Waals surface area contributed by atoms with E-state index in [9.17, 15) is 4.79 Å². The first-order chi connectivity index (χ1) is 12.0. The fourth-order valence-electron chi connectivity index (χ4n) is 3.45. The van der Waals surface area contributed by atoms with Crippen molar-refractivity contribution in [1.82, 2.24) is 19.9 Å². The Bertz CT molecular complexity index is 718. The van der Waals surface area contributed by atoms with Gasteiger partial charge in [0.1, 0.15) is 24.6 Å². The molecule has 1 amide bonds. The molecular weight excluding hydrogens is 316 g/mol. The van der Waals surface area contributed by atoms with Gasteiger partial charge in [0.05, 0.1) is 6.20 Å². The Kier molecular flexibility index (Phi) is 5.36. The quantitative estimate of drug-likeness (QED) is 0.838. The van der Waals surface area contributed by atoms with E-state index in [1.54, 1.807) is 10.9 Å². The third-order valence-corrected chi connectivity index (χ3v) is 4.48. The molecule has 1 saturated heterocycles. The van der Waals surface area contributed by atoms with Gasteiger partial charge in [-0.05, 0) is 42.9 Å². The zero-order valence-corrected chi connectivity index (χ0v) is 15.2. The van der Waals surface area contributed by atoms with Gasteiger partial charge < -0.3 is 9.64 Å². The van der Waals surface area contributed by atoms with Crippen LogP contribution in [0.25, 0.3) is 0 Å². The monoisotopic (exact) mass is 342 g/mol. The third kappa shape index (κ3) is 4.81. The normalized spacial score (nSPS) is 20.5. The molecule has 6 nitrogen and oxygen atoms in total. The van der Waals surface area contributed by atoms with Crippen molar-refractivity contribution in [3.05, 3.63) is 41.7 Å². The molecule has 1 aliphatic heterocycles. The van der Waals surface area contributed by atoms with Gasteiger partial charge in [0, 0.05) is 13.1 Å². The lowest BCUT2D eigenvalue weighted by Gasteiger charge is -2.34. The summed E-state index contributed by atoms with van der Waals surface area (Å²) in [4.78, 5) is 14.4. The molecule has 6 heteroatoms. The number of hydrogen-bond donors (Lipinski definition) is 0. The zero-order chi connectivity index (χ0) is 17.8. The third-order valence-electron chi connectivity index (χ3n) is 4.48. The van der Waals surface area contributed by atoms with E-state index in [4.69, 9.17) is 4.74 Å². The molecule has 0 aliphatic carbocycles. The van der Waals surface area contributed by atoms with Gasteiger partial charge in [-0.3, -0.25) is 4.79 Å². The highest BCUT2D eigenvalue weighted by Crippen LogP contribution is 2.21. The second kappa shape index (κ2) is 7.68. The predicted molar refractivity (Wildman–Crippen MR) is 95.1 cm³/mol. The number of piperidine rings is 1. The van der Waals surface area contributed by atoms with Gasteiger partial charge in [0.15, 0.2) is 0 Å². The number of benzene rings is 1. The highest BCUT2D eigenvalue weighted by molar-refractivity contribution is 5.76. The lowest BCUT2D eigenvalue weighted by atomic mass is 9.92. The molecular formula is C19H26N4O2. The van der Waals surface area contributed by atoms with Crippen molar-refractivity contribution >= 4 is 5.91 Å². The van der Waals surface area contributed by atoms with Gasteiger partial charge in [0.2, 0.25) is 5.91 Å². The van der Waals surface area contributed by atoms with Crippen molar-refractivity contribution < 1.29 is 9.53 Å². The maximum atomic E-state index is 12.5. The van der Waals surface area contributed by atoms with Crippen LogP contribution in [-0.2, 0) is 17.9 Å². The summed E-state index contributed by atoms with van der Waals surface area (Å²) in [5.74, 6) is 2.03. The smallest absolute Gasteiger partial charge is 0.244 e. The first-order valence-corrected chi connectivity index (χ1v) is 8.86. The number of aryl methyl sites for hydroxylation is 1. The van der Waals surface area contributed by atoms with Crippen LogP contribution >= 0.6 is 0 Å². The minimum Gasteiger partial charge on any atom is -0.487 e. The van der Waals surface area contributed by atoms with Crippen molar-refractivity contribution in [3.63, 3.8) is 0 Å². The lowest BCUT2D eigenvalue weighted by Crippen LogP contribution is -2.44. The molecule has 0 saturated carbocycles. The van der Waals surface area contributed by atoms with Gasteiger partial charge in [-0.1, -0.05) is 31.2 Å². The Hall–Kier alpha value is -2.37. The second-order valence-electron chi connectivity index (χ2n) is 7.26. The Labute approximate surface area is 148 Å². The molecule has 1 aliphatic rings. The van der Waals surface area contributed by atoms with Crippen molar-refractivity contribution in [2.75, 3.05) is 13.1 Å². The van der Waals surface area contributed by atoms with E-state index in [2.05, 4.69) is 24.2 Å². The summed E-state index contributed by atoms with van der Waals surface area (Å²) in [5.41, 5.74) is 1.87. The van der Waals surface area contributed by atoms with E-state index in [-0.39, 0.29) is 12.5 Å². The summed E-state index contributed by atoms with van der Waals surface area (Å²) in [7, 11) is 0. The maximum Gasteiger partial charge on any atom is 0.244 e. The van der Waals surface area contributed by atoms with Crippen LogP contribution in [-0.4, -0.2) is 38.9 Å². The number of amides is 1. The first kappa shape index (κ1) is 17.5. The molecule has 0 spiro atoms. The van der Waals surface area contributed by atoms with E-state index < -0.39 is 0 Å². The molecule has 0 unspecified atom stereocenters. The van der Waals surface area contributed by atoms with Gasteiger partial charge in [-0.15, -0.1) is 5.10 Å². The number of likely N-dealkylation sites (tertiary alicyclic amines) is 1. The van der Waals surface area contributed by atoms with Crippen LogP contribution < -0.4 is 4.74 Å². The SMILES string of the molecule is Cc1cccc(OCc2cn(CC(=O)N3C[C@@H](C)C[C@H](C)C3)nn2)c1. The summed E-state index contributed by atoms with van der Waals surface area (Å²) in [6, 6.07) is 7.88. The number of carbonyl (C=O) groups is 1. The van der Waals surface area contributed by atoms with Crippen LogP contribution in [0.5, 0.6) is 5.75 Å². The maximum absolute atomic E-state index is 12.5. The van der Waals surface area contributed by atoms with Crippen LogP contribution in [0.3, 0.4) is 0 Å². The van der Waals surface area contributed by atoms with E-state index >= 15 is 0 Å². The van der Waals surface area contributed by atoms with E-state index in [0.29, 0.717) is 18.4 Å². The van der Waals surface area contributed by atoms with Crippen molar-refractivity contribution in [2.45, 2.75) is 40.3 Å². The molecule has 1 fully saturated rings. The fourth-order valence-corrected chi connectivity index (χ4v) is 3.45. The van der Waals surface area contributed by atoms with Gasteiger partial charge in [-0.25, -0.2) is 4.68 Å². The van der Waals surface area contributed by atoms with E-state index in [0.717, 1.165) is 30.1 Å². The number of nitrogens with zero attached hydrogens (tertiary/aromatic N) is 4. The summed E-state index contributed by atoms with van der Waals surface area (Å²) < 4.78 is 7.32. The van der Waals surface area contributed by atoms with Crippen LogP contribution in [0.4, 0.5) is 0 Å². The summed E-state index contributed by atoms with van der Waals surface area (Å²) >= 11 is 0. The summed E-state index contributed by atoms with van der Waals surface area (Å²) in [5, 5.41) is 8.16. The van der Waals surface area contributed by atoms with E-state index in [1.807, 2.05) is 36.1 Å². The van der Waals surface area contributed by atoms with Crippen molar-refractivity contribution in [3.8, 4) is 5.75 Å². The summed E-state index contributed by atoms with van der Waals surface area (Å²) in [6.45, 7) is 8.67. The largest absolute Gasteiger partial charge is 0.487 e. The molecule has 2 aromatic rings.